The van der Waals surface area contributed by atoms with Gasteiger partial charge < -0.3 is 15.2 Å². The molecule has 2 N–H and O–H groups in total. The van der Waals surface area contributed by atoms with Crippen molar-refractivity contribution in [2.24, 2.45) is 5.92 Å². The number of amides is 1. The van der Waals surface area contributed by atoms with E-state index in [1.54, 1.807) is 0 Å². The Morgan fingerprint density at radius 3 is 3.04 bits per heavy atom. The van der Waals surface area contributed by atoms with Crippen molar-refractivity contribution in [2.45, 2.75) is 45.6 Å². The van der Waals surface area contributed by atoms with Gasteiger partial charge in [0.2, 0.25) is 5.91 Å². The molecule has 5 heteroatoms. The van der Waals surface area contributed by atoms with Crippen LogP contribution in [-0.2, 0) is 11.2 Å². The van der Waals surface area contributed by atoms with Crippen molar-refractivity contribution >= 4 is 16.9 Å². The molecule has 0 aliphatic carbocycles. The lowest BCUT2D eigenvalue weighted by atomic mass is 9.97. The monoisotopic (exact) mass is 328 g/mol. The van der Waals surface area contributed by atoms with E-state index in [1.165, 1.54) is 19.4 Å². The normalized spacial score (nSPS) is 19.0. The molecule has 2 aromatic rings. The Labute approximate surface area is 143 Å². The average molecular weight is 328 g/mol. The number of hydrogen-bond acceptors (Lipinski definition) is 3. The largest absolute Gasteiger partial charge is 0.356 e. The standard InChI is InChI=1S/C19H28N4O/c1-14(2)23-11-5-6-15(13-23)12-20-19(24)10-9-18-21-16-7-3-4-8-17(16)22-18/h3-4,7-8,14-15H,5-6,9-13H2,1-2H3,(H,20,24)(H,21,22)/t15-/m1/s1. The van der Waals surface area contributed by atoms with E-state index in [-0.39, 0.29) is 5.91 Å². The smallest absolute Gasteiger partial charge is 0.220 e. The van der Waals surface area contributed by atoms with Gasteiger partial charge in [-0.2, -0.15) is 0 Å². The molecule has 0 spiro atoms. The lowest BCUT2D eigenvalue weighted by molar-refractivity contribution is -0.121. The van der Waals surface area contributed by atoms with Crippen LogP contribution in [0, 0.1) is 5.92 Å². The van der Waals surface area contributed by atoms with Crippen molar-refractivity contribution in [1.82, 2.24) is 20.2 Å². The Bertz CT molecular complexity index is 646. The molecule has 2 heterocycles. The Morgan fingerprint density at radius 1 is 1.42 bits per heavy atom. The Balaban J connectivity index is 1.42. The molecule has 1 atom stereocenters. The quantitative estimate of drug-likeness (QED) is 0.857. The summed E-state index contributed by atoms with van der Waals surface area (Å²) in [6.07, 6.45) is 3.59. The summed E-state index contributed by atoms with van der Waals surface area (Å²) in [5, 5.41) is 3.11. The maximum Gasteiger partial charge on any atom is 0.220 e. The molecule has 0 bridgehead atoms. The summed E-state index contributed by atoms with van der Waals surface area (Å²) in [7, 11) is 0. The van der Waals surface area contributed by atoms with E-state index in [2.05, 4.69) is 34.0 Å². The highest BCUT2D eigenvalue weighted by Crippen LogP contribution is 2.17. The number of imidazole rings is 1. The number of para-hydroxylation sites is 2. The number of nitrogens with one attached hydrogen (secondary N) is 2. The van der Waals surface area contributed by atoms with Gasteiger partial charge in [-0.05, 0) is 51.3 Å². The minimum Gasteiger partial charge on any atom is -0.356 e. The molecule has 0 unspecified atom stereocenters. The van der Waals surface area contributed by atoms with Crippen LogP contribution in [0.25, 0.3) is 11.0 Å². The van der Waals surface area contributed by atoms with Crippen molar-refractivity contribution in [2.75, 3.05) is 19.6 Å². The van der Waals surface area contributed by atoms with Gasteiger partial charge in [0.1, 0.15) is 5.82 Å². The summed E-state index contributed by atoms with van der Waals surface area (Å²) < 4.78 is 0. The van der Waals surface area contributed by atoms with Crippen LogP contribution in [0.5, 0.6) is 0 Å². The number of piperidine rings is 1. The van der Waals surface area contributed by atoms with Gasteiger partial charge in [0.25, 0.3) is 0 Å². The fourth-order valence-electron chi connectivity index (χ4n) is 3.44. The predicted molar refractivity (Wildman–Crippen MR) is 96.9 cm³/mol. The van der Waals surface area contributed by atoms with E-state index in [4.69, 9.17) is 0 Å². The maximum absolute atomic E-state index is 12.1. The summed E-state index contributed by atoms with van der Waals surface area (Å²) in [6.45, 7) is 7.57. The minimum absolute atomic E-state index is 0.122. The first-order chi connectivity index (χ1) is 11.6. The molecule has 1 aliphatic heterocycles. The second-order valence-electron chi connectivity index (χ2n) is 7.10. The topological polar surface area (TPSA) is 61.0 Å². The van der Waals surface area contributed by atoms with Crippen LogP contribution in [0.1, 0.15) is 38.9 Å². The number of H-pyrrole nitrogens is 1. The number of fused-ring (bicyclic) bond motifs is 1. The molecule has 1 aromatic heterocycles. The Hall–Kier alpha value is -1.88. The molecular formula is C19H28N4O. The van der Waals surface area contributed by atoms with E-state index < -0.39 is 0 Å². The number of likely N-dealkylation sites (tertiary alicyclic amines) is 1. The van der Waals surface area contributed by atoms with Crippen molar-refractivity contribution in [3.05, 3.63) is 30.1 Å². The van der Waals surface area contributed by atoms with Crippen LogP contribution in [-0.4, -0.2) is 46.5 Å². The highest BCUT2D eigenvalue weighted by molar-refractivity contribution is 5.77. The van der Waals surface area contributed by atoms with Crippen LogP contribution < -0.4 is 5.32 Å². The van der Waals surface area contributed by atoms with Gasteiger partial charge in [0.15, 0.2) is 0 Å². The second kappa shape index (κ2) is 7.79. The fraction of sp³-hybridized carbons (Fsp3) is 0.579. The number of hydrogen-bond donors (Lipinski definition) is 2. The number of carbonyl (C=O) groups is 1. The third kappa shape index (κ3) is 4.35. The number of benzene rings is 1. The lowest BCUT2D eigenvalue weighted by Crippen LogP contribution is -2.43. The first-order valence-electron chi connectivity index (χ1n) is 9.06. The van der Waals surface area contributed by atoms with Crippen molar-refractivity contribution in [3.8, 4) is 0 Å². The number of aromatic nitrogens is 2. The molecule has 24 heavy (non-hydrogen) atoms. The molecular weight excluding hydrogens is 300 g/mol. The number of aromatic amines is 1. The van der Waals surface area contributed by atoms with Crippen molar-refractivity contribution < 1.29 is 4.79 Å². The van der Waals surface area contributed by atoms with Gasteiger partial charge in [-0.25, -0.2) is 4.98 Å². The highest BCUT2D eigenvalue weighted by Gasteiger charge is 2.21. The molecule has 3 rings (SSSR count). The zero-order chi connectivity index (χ0) is 16.9. The summed E-state index contributed by atoms with van der Waals surface area (Å²) in [5.41, 5.74) is 1.99. The van der Waals surface area contributed by atoms with Crippen LogP contribution in [0.4, 0.5) is 0 Å². The zero-order valence-corrected chi connectivity index (χ0v) is 14.7. The SMILES string of the molecule is CC(C)N1CCC[C@H](CNC(=O)CCc2nc3ccccc3[nH]2)C1. The van der Waals surface area contributed by atoms with Crippen molar-refractivity contribution in [1.29, 1.82) is 0 Å². The van der Waals surface area contributed by atoms with Gasteiger partial charge in [-0.15, -0.1) is 0 Å². The number of carbonyl (C=O) groups excluding carboxylic acids is 1. The van der Waals surface area contributed by atoms with Gasteiger partial charge in [-0.3, -0.25) is 4.79 Å². The van der Waals surface area contributed by atoms with E-state index >= 15 is 0 Å². The van der Waals surface area contributed by atoms with Gasteiger partial charge in [0, 0.05) is 32.0 Å². The van der Waals surface area contributed by atoms with E-state index in [1.807, 2.05) is 24.3 Å². The molecule has 1 aliphatic rings. The first kappa shape index (κ1) is 17.0. The first-order valence-corrected chi connectivity index (χ1v) is 9.06. The summed E-state index contributed by atoms with van der Waals surface area (Å²) >= 11 is 0. The minimum atomic E-state index is 0.122. The third-order valence-corrected chi connectivity index (χ3v) is 4.90. The Kier molecular flexibility index (Phi) is 5.51. The molecule has 1 aromatic carbocycles. The summed E-state index contributed by atoms with van der Waals surface area (Å²) in [5.74, 6) is 1.59. The van der Waals surface area contributed by atoms with Crippen molar-refractivity contribution in [3.63, 3.8) is 0 Å². The molecule has 1 fully saturated rings. The van der Waals surface area contributed by atoms with Gasteiger partial charge in [-0.1, -0.05) is 12.1 Å². The van der Waals surface area contributed by atoms with Gasteiger partial charge >= 0.3 is 0 Å². The molecule has 5 nitrogen and oxygen atoms in total. The average Bonchev–Trinajstić information content (AvgIpc) is 3.01. The summed E-state index contributed by atoms with van der Waals surface area (Å²) in [6, 6.07) is 8.55. The third-order valence-electron chi connectivity index (χ3n) is 4.90. The number of rotatable bonds is 6. The van der Waals surface area contributed by atoms with E-state index in [9.17, 15) is 4.79 Å². The molecule has 1 amide bonds. The molecule has 0 saturated carbocycles. The van der Waals surface area contributed by atoms with Crippen LogP contribution in [0.2, 0.25) is 0 Å². The zero-order valence-electron chi connectivity index (χ0n) is 14.7. The maximum atomic E-state index is 12.1. The van der Waals surface area contributed by atoms with Crippen LogP contribution >= 0.6 is 0 Å². The lowest BCUT2D eigenvalue weighted by Gasteiger charge is -2.35. The van der Waals surface area contributed by atoms with E-state index in [0.29, 0.717) is 24.8 Å². The fourth-order valence-corrected chi connectivity index (χ4v) is 3.44. The van der Waals surface area contributed by atoms with Crippen LogP contribution in [0.3, 0.4) is 0 Å². The predicted octanol–water partition coefficient (Wildman–Crippen LogP) is 2.73. The number of nitrogens with zero attached hydrogens (tertiary/aromatic N) is 2. The molecule has 0 radical (unpaired) electrons. The molecule has 130 valence electrons. The van der Waals surface area contributed by atoms with E-state index in [0.717, 1.165) is 29.9 Å². The van der Waals surface area contributed by atoms with Gasteiger partial charge in [0.05, 0.1) is 11.0 Å². The number of aryl methyl sites for hydroxylation is 1. The molecule has 1 saturated heterocycles. The second-order valence-corrected chi connectivity index (χ2v) is 7.10. The Morgan fingerprint density at radius 2 is 2.25 bits per heavy atom. The van der Waals surface area contributed by atoms with Crippen LogP contribution in [0.15, 0.2) is 24.3 Å². The highest BCUT2D eigenvalue weighted by atomic mass is 16.1. The summed E-state index contributed by atoms with van der Waals surface area (Å²) in [4.78, 5) is 22.4.